The number of para-hydroxylation sites is 1. The topological polar surface area (TPSA) is 6.48 Å². The van der Waals surface area contributed by atoms with Crippen molar-refractivity contribution in [3.8, 4) is 0 Å². The van der Waals surface area contributed by atoms with Crippen LogP contribution in [-0.4, -0.2) is 0 Å². The fourth-order valence-corrected chi connectivity index (χ4v) is 7.46. The highest BCUT2D eigenvalue weighted by Gasteiger charge is 2.21. The zero-order valence-corrected chi connectivity index (χ0v) is 22.0. The lowest BCUT2D eigenvalue weighted by molar-refractivity contribution is 1.00. The second-order valence-corrected chi connectivity index (χ2v) is 12.8. The molecule has 0 amide bonds. The molecule has 0 spiro atoms. The smallest absolute Gasteiger partial charge is 0.103 e. The third-order valence-corrected chi connectivity index (χ3v) is 9.10. The van der Waals surface area contributed by atoms with Crippen LogP contribution in [0.15, 0.2) is 98.2 Å². The highest BCUT2D eigenvalue weighted by molar-refractivity contribution is 9.11. The number of hydrogen-bond donors (Lipinski definition) is 0. The molecule has 1 aliphatic rings. The first kappa shape index (κ1) is 21.2. The van der Waals surface area contributed by atoms with Gasteiger partial charge in [0.15, 0.2) is 0 Å². The van der Waals surface area contributed by atoms with Crippen LogP contribution in [0.25, 0.3) is 0 Å². The summed E-state index contributed by atoms with van der Waals surface area (Å²) >= 11 is 12.6. The van der Waals surface area contributed by atoms with E-state index in [1.165, 1.54) is 25.7 Å². The van der Waals surface area contributed by atoms with E-state index in [1.807, 2.05) is 0 Å². The zero-order chi connectivity index (χ0) is 21.2. The average molecular weight is 590 g/mol. The Morgan fingerprint density at radius 2 is 1.19 bits per heavy atom. The van der Waals surface area contributed by atoms with Crippen LogP contribution >= 0.6 is 65.9 Å². The van der Waals surface area contributed by atoms with Crippen molar-refractivity contribution in [2.75, 3.05) is 9.80 Å². The number of anilines is 5. The average Bonchev–Trinajstić information content (AvgIpc) is 3.53. The molecule has 0 bridgehead atoms. The van der Waals surface area contributed by atoms with E-state index in [9.17, 15) is 0 Å². The summed E-state index contributed by atoms with van der Waals surface area (Å²) in [5, 5.41) is 4.80. The van der Waals surface area contributed by atoms with Crippen LogP contribution in [0.3, 0.4) is 0 Å². The minimum absolute atomic E-state index is 1.08. The van der Waals surface area contributed by atoms with E-state index in [1.54, 1.807) is 34.0 Å². The fraction of sp³-hybridized carbons (Fsp3) is 0.0833. The van der Waals surface area contributed by atoms with Crippen LogP contribution < -0.4 is 9.80 Å². The largest absolute Gasteiger partial charge is 0.293 e. The molecule has 31 heavy (non-hydrogen) atoms. The Bertz CT molecular complexity index is 1240. The Balaban J connectivity index is 1.58. The first-order valence-corrected chi connectivity index (χ1v) is 13.8. The van der Waals surface area contributed by atoms with Crippen LogP contribution in [0.2, 0.25) is 0 Å². The molecule has 1 aromatic carbocycles. The van der Waals surface area contributed by atoms with Crippen LogP contribution in [0.4, 0.5) is 25.7 Å². The summed E-state index contributed by atoms with van der Waals surface area (Å²) in [5.74, 6) is 0. The maximum absolute atomic E-state index is 3.64. The molecule has 3 heterocycles. The van der Waals surface area contributed by atoms with Gasteiger partial charge in [-0.25, -0.2) is 0 Å². The van der Waals surface area contributed by atoms with Crippen molar-refractivity contribution in [3.05, 3.63) is 98.2 Å². The van der Waals surface area contributed by atoms with Crippen molar-refractivity contribution >= 4 is 91.6 Å². The number of thiophene rings is 3. The van der Waals surface area contributed by atoms with Crippen molar-refractivity contribution in [3.63, 3.8) is 0 Å². The van der Waals surface area contributed by atoms with Crippen LogP contribution in [0.1, 0.15) is 12.8 Å². The summed E-state index contributed by atoms with van der Waals surface area (Å²) in [6.07, 6.45) is 9.02. The number of halogens is 2. The van der Waals surface area contributed by atoms with Gasteiger partial charge >= 0.3 is 0 Å². The van der Waals surface area contributed by atoms with Gasteiger partial charge in [-0.2, -0.15) is 0 Å². The van der Waals surface area contributed by atoms with Gasteiger partial charge in [0.2, 0.25) is 0 Å². The molecule has 2 nitrogen and oxygen atoms in total. The highest BCUT2D eigenvalue weighted by Crippen LogP contribution is 2.48. The van der Waals surface area contributed by atoms with E-state index in [4.69, 9.17) is 0 Å². The molecule has 156 valence electrons. The maximum Gasteiger partial charge on any atom is 0.103 e. The van der Waals surface area contributed by atoms with E-state index in [-0.39, 0.29) is 0 Å². The normalized spacial score (nSPS) is 13.3. The number of benzene rings is 1. The summed E-state index contributed by atoms with van der Waals surface area (Å²) < 4.78 is 2.27. The molecule has 0 aliphatic heterocycles. The first-order valence-electron chi connectivity index (χ1n) is 9.81. The van der Waals surface area contributed by atoms with Crippen molar-refractivity contribution in [2.45, 2.75) is 12.8 Å². The molecule has 0 unspecified atom stereocenters. The molecular formula is C24H18Br2N2S3. The Kier molecular flexibility index (Phi) is 6.48. The number of hydrogen-bond acceptors (Lipinski definition) is 5. The van der Waals surface area contributed by atoms with Gasteiger partial charge in [0.1, 0.15) is 20.0 Å². The summed E-state index contributed by atoms with van der Waals surface area (Å²) in [6.45, 7) is 0. The molecule has 3 aromatic heterocycles. The summed E-state index contributed by atoms with van der Waals surface area (Å²) in [7, 11) is 0. The minimum atomic E-state index is 1.08. The molecule has 0 saturated heterocycles. The Labute approximate surface area is 211 Å². The Morgan fingerprint density at radius 1 is 0.613 bits per heavy atom. The van der Waals surface area contributed by atoms with Crippen molar-refractivity contribution in [1.82, 2.24) is 0 Å². The van der Waals surface area contributed by atoms with E-state index < -0.39 is 0 Å². The molecule has 1 aliphatic carbocycles. The van der Waals surface area contributed by atoms with Gasteiger partial charge in [-0.1, -0.05) is 41.7 Å². The molecule has 0 N–H and O–H groups in total. The molecule has 0 fully saturated rings. The van der Waals surface area contributed by atoms with E-state index in [2.05, 4.69) is 127 Å². The lowest BCUT2D eigenvalue weighted by Crippen LogP contribution is -2.13. The van der Waals surface area contributed by atoms with Crippen LogP contribution in [-0.2, 0) is 0 Å². The monoisotopic (exact) mass is 588 g/mol. The number of allylic oxidation sites excluding steroid dienone is 3. The molecule has 4 aromatic rings. The summed E-state index contributed by atoms with van der Waals surface area (Å²) in [5.41, 5.74) is 2.39. The molecular weight excluding hydrogens is 572 g/mol. The molecule has 0 radical (unpaired) electrons. The lowest BCUT2D eigenvalue weighted by atomic mass is 10.1. The van der Waals surface area contributed by atoms with Gasteiger partial charge in [-0.05, 0) is 99.3 Å². The van der Waals surface area contributed by atoms with E-state index in [0.29, 0.717) is 0 Å². The fourth-order valence-electron chi connectivity index (χ4n) is 3.48. The van der Waals surface area contributed by atoms with Crippen molar-refractivity contribution < 1.29 is 0 Å². The zero-order valence-electron chi connectivity index (χ0n) is 16.4. The maximum atomic E-state index is 3.64. The molecule has 5 rings (SSSR count). The predicted octanol–water partition coefficient (Wildman–Crippen LogP) is 10.2. The van der Waals surface area contributed by atoms with Crippen molar-refractivity contribution in [2.24, 2.45) is 0 Å². The molecule has 0 saturated carbocycles. The minimum Gasteiger partial charge on any atom is -0.293 e. The first-order chi connectivity index (χ1) is 15.2. The summed E-state index contributed by atoms with van der Waals surface area (Å²) in [6, 6.07) is 23.6. The second kappa shape index (κ2) is 9.46. The van der Waals surface area contributed by atoms with Gasteiger partial charge in [0.05, 0.1) is 7.57 Å². The highest BCUT2D eigenvalue weighted by atomic mass is 79.9. The Morgan fingerprint density at radius 3 is 1.77 bits per heavy atom. The number of rotatable bonds is 6. The Hall–Kier alpha value is -1.64. The summed E-state index contributed by atoms with van der Waals surface area (Å²) in [4.78, 5) is 4.70. The van der Waals surface area contributed by atoms with Gasteiger partial charge in [0, 0.05) is 11.4 Å². The third kappa shape index (κ3) is 4.61. The van der Waals surface area contributed by atoms with E-state index in [0.717, 1.165) is 26.1 Å². The lowest BCUT2D eigenvalue weighted by Gasteiger charge is -2.25. The number of nitrogens with zero attached hydrogens (tertiary/aromatic N) is 2. The van der Waals surface area contributed by atoms with Gasteiger partial charge < -0.3 is 0 Å². The molecule has 7 heteroatoms. The standard InChI is InChI=1S/C24H18Br2N2S3/c25-19-11-13-21(29-19)27(17-7-3-1-4-8-17)23-15-16-24(31-23)28(18-9-5-2-6-10-18)22-14-12-20(26)30-22/h1,3-5,7-16H,2,6H2. The molecule has 0 atom stereocenters. The van der Waals surface area contributed by atoms with E-state index >= 15 is 0 Å². The van der Waals surface area contributed by atoms with Crippen LogP contribution in [0.5, 0.6) is 0 Å². The van der Waals surface area contributed by atoms with Gasteiger partial charge in [0.25, 0.3) is 0 Å². The SMILES string of the molecule is Brc1ccc(N(C2=CCCC=C2)c2ccc(N(c3ccccc3)c3ccc(Br)s3)s2)s1. The quantitative estimate of drug-likeness (QED) is 0.221. The third-order valence-electron chi connectivity index (χ3n) is 4.83. The van der Waals surface area contributed by atoms with Crippen LogP contribution in [0, 0.1) is 0 Å². The second-order valence-electron chi connectivity index (χ2n) is 6.88. The predicted molar refractivity (Wildman–Crippen MR) is 145 cm³/mol. The van der Waals surface area contributed by atoms with Crippen molar-refractivity contribution in [1.29, 1.82) is 0 Å². The van der Waals surface area contributed by atoms with Gasteiger partial charge in [-0.15, -0.1) is 22.7 Å². The van der Waals surface area contributed by atoms with Gasteiger partial charge in [-0.3, -0.25) is 9.80 Å².